The highest BCUT2D eigenvalue weighted by Gasteiger charge is 2.07. The number of nitrogens with one attached hydrogen (secondary N) is 1. The maximum absolute atomic E-state index is 11.4. The second-order valence-electron chi connectivity index (χ2n) is 2.86. The van der Waals surface area contributed by atoms with Gasteiger partial charge in [0.25, 0.3) is 5.91 Å². The Balaban J connectivity index is 2.40. The van der Waals surface area contributed by atoms with Crippen LogP contribution in [-0.4, -0.2) is 17.4 Å². The van der Waals surface area contributed by atoms with Gasteiger partial charge in [-0.25, -0.2) is 4.98 Å². The van der Waals surface area contributed by atoms with Crippen LogP contribution in [0.4, 0.5) is 0 Å². The van der Waals surface area contributed by atoms with Gasteiger partial charge in [0.15, 0.2) is 0 Å². The fraction of sp³-hybridized carbons (Fsp3) is 0.556. The molecular formula is C9H14N2OS. The smallest absolute Gasteiger partial charge is 0.270 e. The lowest BCUT2D eigenvalue weighted by Crippen LogP contribution is -2.24. The molecule has 0 saturated carbocycles. The van der Waals surface area contributed by atoms with Crippen LogP contribution in [0.1, 0.15) is 35.3 Å². The van der Waals surface area contributed by atoms with Crippen molar-refractivity contribution in [1.29, 1.82) is 0 Å². The molecule has 4 heteroatoms. The molecule has 13 heavy (non-hydrogen) atoms. The summed E-state index contributed by atoms with van der Waals surface area (Å²) in [6.07, 6.45) is 2.12. The topological polar surface area (TPSA) is 42.0 Å². The lowest BCUT2D eigenvalue weighted by atomic mass is 10.3. The van der Waals surface area contributed by atoms with E-state index in [0.717, 1.165) is 24.4 Å². The van der Waals surface area contributed by atoms with Crippen LogP contribution in [0.25, 0.3) is 0 Å². The summed E-state index contributed by atoms with van der Waals surface area (Å²) in [5, 5.41) is 5.54. The van der Waals surface area contributed by atoms with Crippen molar-refractivity contribution in [2.75, 3.05) is 6.54 Å². The van der Waals surface area contributed by atoms with Crippen LogP contribution in [0.5, 0.6) is 0 Å². The SMILES string of the molecule is CCCCNC(=O)c1csc(C)n1. The van der Waals surface area contributed by atoms with Crippen LogP contribution in [0.3, 0.4) is 0 Å². The Morgan fingerprint density at radius 2 is 2.46 bits per heavy atom. The number of rotatable bonds is 4. The minimum atomic E-state index is -0.0576. The Labute approximate surface area is 82.2 Å². The summed E-state index contributed by atoms with van der Waals surface area (Å²) in [4.78, 5) is 15.5. The van der Waals surface area contributed by atoms with Gasteiger partial charge >= 0.3 is 0 Å². The summed E-state index contributed by atoms with van der Waals surface area (Å²) >= 11 is 1.50. The highest BCUT2D eigenvalue weighted by atomic mass is 32.1. The van der Waals surface area contributed by atoms with Gasteiger partial charge in [0.05, 0.1) is 5.01 Å². The standard InChI is InChI=1S/C9H14N2OS/c1-3-4-5-10-9(12)8-6-13-7(2)11-8/h6H,3-5H2,1-2H3,(H,10,12). The van der Waals surface area contributed by atoms with Gasteiger partial charge in [0, 0.05) is 11.9 Å². The lowest BCUT2D eigenvalue weighted by molar-refractivity contribution is 0.0948. The second-order valence-corrected chi connectivity index (χ2v) is 3.92. The molecule has 72 valence electrons. The van der Waals surface area contributed by atoms with Crippen LogP contribution in [0, 0.1) is 6.92 Å². The zero-order chi connectivity index (χ0) is 9.68. The zero-order valence-corrected chi connectivity index (χ0v) is 8.78. The molecule has 1 aromatic rings. The third-order valence-corrected chi connectivity index (χ3v) is 2.44. The van der Waals surface area contributed by atoms with E-state index >= 15 is 0 Å². The van der Waals surface area contributed by atoms with E-state index in [-0.39, 0.29) is 5.91 Å². The summed E-state index contributed by atoms with van der Waals surface area (Å²) in [6, 6.07) is 0. The van der Waals surface area contributed by atoms with E-state index in [1.807, 2.05) is 6.92 Å². The molecule has 1 rings (SSSR count). The minimum Gasteiger partial charge on any atom is -0.351 e. The van der Waals surface area contributed by atoms with Gasteiger partial charge in [-0.1, -0.05) is 13.3 Å². The van der Waals surface area contributed by atoms with Crippen LogP contribution >= 0.6 is 11.3 Å². The number of aryl methyl sites for hydroxylation is 1. The Morgan fingerprint density at radius 3 is 3.00 bits per heavy atom. The number of hydrogen-bond acceptors (Lipinski definition) is 3. The molecule has 0 aliphatic heterocycles. The van der Waals surface area contributed by atoms with Gasteiger partial charge in [-0.05, 0) is 13.3 Å². The molecule has 0 fully saturated rings. The van der Waals surface area contributed by atoms with Gasteiger partial charge in [0.1, 0.15) is 5.69 Å². The van der Waals surface area contributed by atoms with Crippen molar-refractivity contribution in [2.45, 2.75) is 26.7 Å². The highest BCUT2D eigenvalue weighted by Crippen LogP contribution is 2.07. The number of unbranched alkanes of at least 4 members (excludes halogenated alkanes) is 1. The highest BCUT2D eigenvalue weighted by molar-refractivity contribution is 7.09. The molecule has 0 atom stereocenters. The Bertz CT molecular complexity index is 283. The van der Waals surface area contributed by atoms with E-state index in [2.05, 4.69) is 17.2 Å². The number of carbonyl (C=O) groups excluding carboxylic acids is 1. The lowest BCUT2D eigenvalue weighted by Gasteiger charge is -2.00. The molecule has 0 spiro atoms. The third kappa shape index (κ3) is 3.14. The summed E-state index contributed by atoms with van der Waals surface area (Å²) in [6.45, 7) is 4.73. The Morgan fingerprint density at radius 1 is 1.69 bits per heavy atom. The monoisotopic (exact) mass is 198 g/mol. The average Bonchev–Trinajstić information content (AvgIpc) is 2.52. The van der Waals surface area contributed by atoms with E-state index in [9.17, 15) is 4.79 Å². The summed E-state index contributed by atoms with van der Waals surface area (Å²) in [5.41, 5.74) is 0.540. The van der Waals surface area contributed by atoms with Crippen molar-refractivity contribution in [3.8, 4) is 0 Å². The summed E-state index contributed by atoms with van der Waals surface area (Å²) < 4.78 is 0. The molecule has 1 aromatic heterocycles. The summed E-state index contributed by atoms with van der Waals surface area (Å²) in [7, 11) is 0. The predicted octanol–water partition coefficient (Wildman–Crippen LogP) is 1.98. The van der Waals surface area contributed by atoms with Crippen molar-refractivity contribution in [1.82, 2.24) is 10.3 Å². The van der Waals surface area contributed by atoms with Crippen LogP contribution in [0.15, 0.2) is 5.38 Å². The van der Waals surface area contributed by atoms with Gasteiger partial charge < -0.3 is 5.32 Å². The van der Waals surface area contributed by atoms with Gasteiger partial charge in [-0.2, -0.15) is 0 Å². The zero-order valence-electron chi connectivity index (χ0n) is 7.96. The number of hydrogen-bond donors (Lipinski definition) is 1. The largest absolute Gasteiger partial charge is 0.351 e. The first kappa shape index (κ1) is 10.2. The first-order valence-electron chi connectivity index (χ1n) is 4.44. The molecular weight excluding hydrogens is 184 g/mol. The fourth-order valence-corrected chi connectivity index (χ4v) is 1.53. The Kier molecular flexibility index (Phi) is 3.89. The molecule has 1 N–H and O–H groups in total. The predicted molar refractivity (Wildman–Crippen MR) is 54.1 cm³/mol. The maximum Gasteiger partial charge on any atom is 0.270 e. The van der Waals surface area contributed by atoms with E-state index in [1.54, 1.807) is 5.38 Å². The number of amides is 1. The molecule has 1 heterocycles. The molecule has 1 amide bonds. The quantitative estimate of drug-likeness (QED) is 0.752. The molecule has 0 aromatic carbocycles. The summed E-state index contributed by atoms with van der Waals surface area (Å²) in [5.74, 6) is -0.0576. The van der Waals surface area contributed by atoms with Crippen molar-refractivity contribution < 1.29 is 4.79 Å². The molecule has 0 aliphatic rings. The van der Waals surface area contributed by atoms with E-state index in [1.165, 1.54) is 11.3 Å². The van der Waals surface area contributed by atoms with Crippen molar-refractivity contribution in [3.63, 3.8) is 0 Å². The van der Waals surface area contributed by atoms with E-state index < -0.39 is 0 Å². The third-order valence-electron chi connectivity index (χ3n) is 1.67. The molecule has 0 saturated heterocycles. The van der Waals surface area contributed by atoms with Crippen LogP contribution < -0.4 is 5.32 Å². The second kappa shape index (κ2) is 4.97. The van der Waals surface area contributed by atoms with Gasteiger partial charge in [-0.15, -0.1) is 11.3 Å². The number of thiazole rings is 1. The first-order chi connectivity index (χ1) is 6.24. The average molecular weight is 198 g/mol. The minimum absolute atomic E-state index is 0.0576. The molecule has 0 unspecified atom stereocenters. The molecule has 0 aliphatic carbocycles. The number of nitrogens with zero attached hydrogens (tertiary/aromatic N) is 1. The van der Waals surface area contributed by atoms with Gasteiger partial charge in [0.2, 0.25) is 0 Å². The normalized spacial score (nSPS) is 10.0. The molecule has 0 bridgehead atoms. The Hall–Kier alpha value is -0.900. The van der Waals surface area contributed by atoms with Gasteiger partial charge in [-0.3, -0.25) is 4.79 Å². The van der Waals surface area contributed by atoms with Crippen LogP contribution in [0.2, 0.25) is 0 Å². The number of aromatic nitrogens is 1. The maximum atomic E-state index is 11.4. The molecule has 3 nitrogen and oxygen atoms in total. The fourth-order valence-electron chi connectivity index (χ4n) is 0.937. The first-order valence-corrected chi connectivity index (χ1v) is 5.32. The van der Waals surface area contributed by atoms with Crippen molar-refractivity contribution in [3.05, 3.63) is 16.1 Å². The van der Waals surface area contributed by atoms with Crippen molar-refractivity contribution in [2.24, 2.45) is 0 Å². The van der Waals surface area contributed by atoms with Crippen molar-refractivity contribution >= 4 is 17.2 Å². The molecule has 0 radical (unpaired) electrons. The van der Waals surface area contributed by atoms with E-state index in [4.69, 9.17) is 0 Å². The van der Waals surface area contributed by atoms with Crippen LogP contribution in [-0.2, 0) is 0 Å². The van der Waals surface area contributed by atoms with E-state index in [0.29, 0.717) is 5.69 Å². The number of carbonyl (C=O) groups is 1.